The van der Waals surface area contributed by atoms with Crippen LogP contribution in [-0.2, 0) is 6.54 Å². The van der Waals surface area contributed by atoms with Crippen LogP contribution in [0.25, 0.3) is 0 Å². The fourth-order valence-electron chi connectivity index (χ4n) is 2.64. The Kier molecular flexibility index (Phi) is 5.26. The van der Waals surface area contributed by atoms with Gasteiger partial charge in [0.05, 0.1) is 12.2 Å². The van der Waals surface area contributed by atoms with Crippen LogP contribution in [0.2, 0.25) is 0 Å². The third kappa shape index (κ3) is 3.87. The zero-order valence-corrected chi connectivity index (χ0v) is 12.4. The van der Waals surface area contributed by atoms with Crippen LogP contribution < -0.4 is 14.8 Å². The quantitative estimate of drug-likeness (QED) is 0.805. The molecular weight excluding hydrogens is 254 g/mol. The van der Waals surface area contributed by atoms with E-state index >= 15 is 0 Å². The third-order valence-corrected chi connectivity index (χ3v) is 3.72. The van der Waals surface area contributed by atoms with E-state index in [4.69, 9.17) is 9.47 Å². The SMILES string of the molecule is CCOc1cc(CNC)ccc1OCC1(O)CCCC1. The van der Waals surface area contributed by atoms with Crippen LogP contribution in [0.1, 0.15) is 38.2 Å². The number of hydrogen-bond acceptors (Lipinski definition) is 4. The van der Waals surface area contributed by atoms with Crippen molar-refractivity contribution in [3.63, 3.8) is 0 Å². The lowest BCUT2D eigenvalue weighted by atomic mass is 10.0. The van der Waals surface area contributed by atoms with Crippen molar-refractivity contribution in [3.05, 3.63) is 23.8 Å². The first-order valence-electron chi connectivity index (χ1n) is 7.42. The lowest BCUT2D eigenvalue weighted by Crippen LogP contribution is -2.32. The van der Waals surface area contributed by atoms with Crippen molar-refractivity contribution in [2.24, 2.45) is 0 Å². The molecule has 1 aliphatic carbocycles. The van der Waals surface area contributed by atoms with E-state index < -0.39 is 5.60 Å². The monoisotopic (exact) mass is 279 g/mol. The standard InChI is InChI=1S/C16H25NO3/c1-3-19-15-10-13(11-17-2)6-7-14(15)20-12-16(18)8-4-5-9-16/h6-7,10,17-18H,3-5,8-9,11-12H2,1-2H3. The molecule has 1 saturated carbocycles. The van der Waals surface area contributed by atoms with E-state index in [9.17, 15) is 5.11 Å². The number of aliphatic hydroxyl groups is 1. The van der Waals surface area contributed by atoms with Gasteiger partial charge in [0.1, 0.15) is 6.61 Å². The van der Waals surface area contributed by atoms with Crippen LogP contribution in [0.5, 0.6) is 11.5 Å². The van der Waals surface area contributed by atoms with Crippen LogP contribution >= 0.6 is 0 Å². The molecule has 1 aliphatic rings. The Balaban J connectivity index is 2.05. The van der Waals surface area contributed by atoms with Crippen LogP contribution in [0.4, 0.5) is 0 Å². The molecule has 0 radical (unpaired) electrons. The Bertz CT molecular complexity index is 428. The Labute approximate surface area is 121 Å². The second kappa shape index (κ2) is 6.95. The minimum atomic E-state index is -0.660. The first-order valence-corrected chi connectivity index (χ1v) is 7.42. The molecule has 0 atom stereocenters. The Morgan fingerprint density at radius 1 is 1.20 bits per heavy atom. The molecule has 20 heavy (non-hydrogen) atoms. The summed E-state index contributed by atoms with van der Waals surface area (Å²) in [5, 5.41) is 13.5. The Hall–Kier alpha value is -1.26. The highest BCUT2D eigenvalue weighted by Gasteiger charge is 2.32. The molecule has 0 bridgehead atoms. The normalized spacial score (nSPS) is 17.1. The van der Waals surface area contributed by atoms with Gasteiger partial charge in [0.25, 0.3) is 0 Å². The fourth-order valence-corrected chi connectivity index (χ4v) is 2.64. The van der Waals surface area contributed by atoms with Gasteiger partial charge >= 0.3 is 0 Å². The number of benzene rings is 1. The van der Waals surface area contributed by atoms with Gasteiger partial charge in [-0.2, -0.15) is 0 Å². The second-order valence-electron chi connectivity index (χ2n) is 5.46. The van der Waals surface area contributed by atoms with Gasteiger partial charge in [0.2, 0.25) is 0 Å². The second-order valence-corrected chi connectivity index (χ2v) is 5.46. The van der Waals surface area contributed by atoms with Crippen LogP contribution in [0.15, 0.2) is 18.2 Å². The van der Waals surface area contributed by atoms with Gasteiger partial charge in [-0.1, -0.05) is 18.9 Å². The highest BCUT2D eigenvalue weighted by molar-refractivity contribution is 5.43. The molecule has 2 N–H and O–H groups in total. The molecule has 4 heteroatoms. The van der Waals surface area contributed by atoms with Gasteiger partial charge in [-0.15, -0.1) is 0 Å². The van der Waals surface area contributed by atoms with E-state index in [2.05, 4.69) is 5.32 Å². The van der Waals surface area contributed by atoms with Crippen LogP contribution in [0, 0.1) is 0 Å². The molecule has 0 aromatic heterocycles. The maximum atomic E-state index is 10.3. The third-order valence-electron chi connectivity index (χ3n) is 3.72. The molecule has 2 rings (SSSR count). The molecule has 0 heterocycles. The Morgan fingerprint density at radius 3 is 2.60 bits per heavy atom. The van der Waals surface area contributed by atoms with E-state index in [1.165, 1.54) is 0 Å². The smallest absolute Gasteiger partial charge is 0.161 e. The summed E-state index contributed by atoms with van der Waals surface area (Å²) in [6.45, 7) is 3.70. The summed E-state index contributed by atoms with van der Waals surface area (Å²) >= 11 is 0. The summed E-state index contributed by atoms with van der Waals surface area (Å²) in [7, 11) is 1.92. The Morgan fingerprint density at radius 2 is 1.95 bits per heavy atom. The van der Waals surface area contributed by atoms with Crippen molar-refractivity contribution in [2.75, 3.05) is 20.3 Å². The summed E-state index contributed by atoms with van der Waals surface area (Å²) in [6.07, 6.45) is 3.82. The first kappa shape index (κ1) is 15.1. The maximum absolute atomic E-state index is 10.3. The van der Waals surface area contributed by atoms with Gasteiger partial charge in [0.15, 0.2) is 11.5 Å². The van der Waals surface area contributed by atoms with Gasteiger partial charge in [-0.05, 0) is 44.5 Å². The highest BCUT2D eigenvalue weighted by Crippen LogP contribution is 2.33. The maximum Gasteiger partial charge on any atom is 0.161 e. The van der Waals surface area contributed by atoms with Gasteiger partial charge in [0, 0.05) is 6.54 Å². The molecule has 0 amide bonds. The van der Waals surface area contributed by atoms with E-state index in [1.54, 1.807) is 0 Å². The van der Waals surface area contributed by atoms with Crippen LogP contribution in [-0.4, -0.2) is 31.0 Å². The predicted octanol–water partition coefficient (Wildman–Crippen LogP) is 2.49. The minimum absolute atomic E-state index is 0.346. The summed E-state index contributed by atoms with van der Waals surface area (Å²) in [5.74, 6) is 1.47. The van der Waals surface area contributed by atoms with Gasteiger partial charge in [-0.3, -0.25) is 0 Å². The van der Waals surface area contributed by atoms with Gasteiger partial charge < -0.3 is 19.9 Å². The lowest BCUT2D eigenvalue weighted by Gasteiger charge is -2.23. The molecule has 1 aromatic rings. The predicted molar refractivity (Wildman–Crippen MR) is 79.3 cm³/mol. The molecule has 0 spiro atoms. The number of hydrogen-bond donors (Lipinski definition) is 2. The zero-order valence-electron chi connectivity index (χ0n) is 12.4. The van der Waals surface area contributed by atoms with E-state index in [0.29, 0.717) is 19.0 Å². The molecule has 112 valence electrons. The largest absolute Gasteiger partial charge is 0.490 e. The summed E-state index contributed by atoms with van der Waals surface area (Å²) in [4.78, 5) is 0. The summed E-state index contributed by atoms with van der Waals surface area (Å²) < 4.78 is 11.5. The van der Waals surface area contributed by atoms with E-state index in [0.717, 1.165) is 43.5 Å². The van der Waals surface area contributed by atoms with Crippen molar-refractivity contribution in [1.29, 1.82) is 0 Å². The average molecular weight is 279 g/mol. The first-order chi connectivity index (χ1) is 9.67. The van der Waals surface area contributed by atoms with Crippen molar-refractivity contribution in [1.82, 2.24) is 5.32 Å². The number of rotatable bonds is 7. The van der Waals surface area contributed by atoms with Crippen molar-refractivity contribution in [3.8, 4) is 11.5 Å². The highest BCUT2D eigenvalue weighted by atomic mass is 16.5. The molecule has 0 aliphatic heterocycles. The molecule has 0 unspecified atom stereocenters. The van der Waals surface area contributed by atoms with Crippen molar-refractivity contribution < 1.29 is 14.6 Å². The van der Waals surface area contributed by atoms with Crippen LogP contribution in [0.3, 0.4) is 0 Å². The number of ether oxygens (including phenoxy) is 2. The summed E-state index contributed by atoms with van der Waals surface area (Å²) in [6, 6.07) is 5.94. The molecular formula is C16H25NO3. The summed E-state index contributed by atoms with van der Waals surface area (Å²) in [5.41, 5.74) is 0.496. The van der Waals surface area contributed by atoms with Crippen molar-refractivity contribution >= 4 is 0 Å². The number of nitrogens with one attached hydrogen (secondary N) is 1. The van der Waals surface area contributed by atoms with E-state index in [1.807, 2.05) is 32.2 Å². The fraction of sp³-hybridized carbons (Fsp3) is 0.625. The molecule has 0 saturated heterocycles. The topological polar surface area (TPSA) is 50.7 Å². The zero-order chi connectivity index (χ0) is 14.4. The molecule has 4 nitrogen and oxygen atoms in total. The lowest BCUT2D eigenvalue weighted by molar-refractivity contribution is 0.000604. The minimum Gasteiger partial charge on any atom is -0.490 e. The molecule has 1 aromatic carbocycles. The average Bonchev–Trinajstić information content (AvgIpc) is 2.86. The van der Waals surface area contributed by atoms with E-state index in [-0.39, 0.29) is 0 Å². The van der Waals surface area contributed by atoms with Gasteiger partial charge in [-0.25, -0.2) is 0 Å². The van der Waals surface area contributed by atoms with Crippen molar-refractivity contribution in [2.45, 2.75) is 44.8 Å². The molecule has 1 fully saturated rings.